The van der Waals surface area contributed by atoms with E-state index in [0.29, 0.717) is 11.3 Å². The SMILES string of the molecule is CC(=O)Oc1cc(C)cc(C)c1C(C)(C)CC(=O)O[C@H]1C[C@H](n2cnc3c(NC(=O)OC(C)(C)CC(=O)OCc4oc(=O)oc4C)nc(Cl)nc32)O[C@]1(C)CO. The van der Waals surface area contributed by atoms with E-state index in [2.05, 4.69) is 20.3 Å². The van der Waals surface area contributed by atoms with Crippen LogP contribution in [0.3, 0.4) is 0 Å². The summed E-state index contributed by atoms with van der Waals surface area (Å²) in [7, 11) is 0. The van der Waals surface area contributed by atoms with Crippen LogP contribution in [-0.2, 0) is 45.4 Å². The number of imidazole rings is 1. The van der Waals surface area contributed by atoms with Crippen molar-refractivity contribution in [2.45, 2.75) is 117 Å². The Morgan fingerprint density at radius 1 is 1.07 bits per heavy atom. The first-order valence-corrected chi connectivity index (χ1v) is 17.9. The van der Waals surface area contributed by atoms with E-state index in [9.17, 15) is 29.1 Å². The average molecular weight is 802 g/mol. The predicted octanol–water partition coefficient (Wildman–Crippen LogP) is 5.29. The number of anilines is 1. The molecular weight excluding hydrogens is 758 g/mol. The maximum Gasteiger partial charge on any atom is 0.519 e. The van der Waals surface area contributed by atoms with E-state index in [4.69, 9.17) is 44.1 Å². The highest BCUT2D eigenvalue weighted by molar-refractivity contribution is 6.28. The number of aliphatic hydroxyl groups is 1. The third kappa shape index (κ3) is 9.54. The van der Waals surface area contributed by atoms with Gasteiger partial charge in [0.15, 0.2) is 35.1 Å². The smallest absolute Gasteiger partial charge is 0.459 e. The highest BCUT2D eigenvalue weighted by atomic mass is 35.5. The number of carbonyl (C=O) groups is 4. The molecule has 19 heteroatoms. The Hall–Kier alpha value is -5.33. The number of nitrogens with zero attached hydrogens (tertiary/aromatic N) is 4. The van der Waals surface area contributed by atoms with Crippen molar-refractivity contribution >= 4 is 52.6 Å². The molecule has 1 aliphatic heterocycles. The number of rotatable bonds is 13. The lowest BCUT2D eigenvalue weighted by molar-refractivity contribution is -0.165. The monoisotopic (exact) mass is 801 g/mol. The number of nitrogens with one attached hydrogen (secondary N) is 1. The number of halogens is 1. The van der Waals surface area contributed by atoms with Gasteiger partial charge in [-0.15, -0.1) is 0 Å². The van der Waals surface area contributed by atoms with Crippen LogP contribution >= 0.6 is 11.6 Å². The van der Waals surface area contributed by atoms with Gasteiger partial charge < -0.3 is 37.6 Å². The molecule has 5 rings (SSSR count). The topological polar surface area (TPSA) is 234 Å². The fourth-order valence-corrected chi connectivity index (χ4v) is 6.84. The summed E-state index contributed by atoms with van der Waals surface area (Å²) in [5.41, 5.74) is -0.821. The van der Waals surface area contributed by atoms with Gasteiger partial charge in [0, 0.05) is 24.3 Å². The zero-order valence-electron chi connectivity index (χ0n) is 32.4. The molecule has 0 bridgehead atoms. The van der Waals surface area contributed by atoms with Crippen LogP contribution in [0, 0.1) is 20.8 Å². The molecule has 0 spiro atoms. The van der Waals surface area contributed by atoms with Crippen LogP contribution in [0.25, 0.3) is 11.2 Å². The maximum atomic E-state index is 13.5. The van der Waals surface area contributed by atoms with E-state index in [0.717, 1.165) is 11.1 Å². The summed E-state index contributed by atoms with van der Waals surface area (Å²) in [6.45, 7) is 14.0. The first-order valence-electron chi connectivity index (χ1n) is 17.5. The molecular formula is C37H44ClN5O13. The van der Waals surface area contributed by atoms with Crippen molar-refractivity contribution in [3.8, 4) is 5.75 Å². The van der Waals surface area contributed by atoms with Crippen molar-refractivity contribution in [1.29, 1.82) is 0 Å². The minimum Gasteiger partial charge on any atom is -0.459 e. The molecule has 1 amide bonds. The van der Waals surface area contributed by atoms with Gasteiger partial charge in [-0.2, -0.15) is 9.97 Å². The van der Waals surface area contributed by atoms with E-state index >= 15 is 0 Å². The third-order valence-corrected chi connectivity index (χ3v) is 9.28. The van der Waals surface area contributed by atoms with Gasteiger partial charge in [0.1, 0.15) is 29.3 Å². The molecule has 0 aliphatic carbocycles. The Morgan fingerprint density at radius 2 is 1.79 bits per heavy atom. The van der Waals surface area contributed by atoms with Gasteiger partial charge in [0.25, 0.3) is 0 Å². The zero-order chi connectivity index (χ0) is 41.3. The summed E-state index contributed by atoms with van der Waals surface area (Å²) in [4.78, 5) is 74.9. The molecule has 3 atom stereocenters. The Balaban J connectivity index is 1.27. The molecule has 4 heterocycles. The van der Waals surface area contributed by atoms with Crippen LogP contribution in [0.2, 0.25) is 5.28 Å². The van der Waals surface area contributed by atoms with Gasteiger partial charge in [-0.05, 0) is 70.3 Å². The molecule has 1 saturated heterocycles. The second kappa shape index (κ2) is 16.0. The Morgan fingerprint density at radius 3 is 2.43 bits per heavy atom. The van der Waals surface area contributed by atoms with Crippen molar-refractivity contribution in [3.63, 3.8) is 0 Å². The van der Waals surface area contributed by atoms with Crippen LogP contribution in [0.5, 0.6) is 5.75 Å². The van der Waals surface area contributed by atoms with Crippen LogP contribution in [0.15, 0.2) is 32.1 Å². The number of hydrogen-bond acceptors (Lipinski definition) is 16. The second-order valence-corrected chi connectivity index (χ2v) is 15.4. The maximum absolute atomic E-state index is 13.5. The zero-order valence-corrected chi connectivity index (χ0v) is 33.2. The summed E-state index contributed by atoms with van der Waals surface area (Å²) in [6, 6.07) is 3.69. The molecule has 302 valence electrons. The van der Waals surface area contributed by atoms with Crippen LogP contribution in [0.1, 0.15) is 95.2 Å². The number of aliphatic hydroxyl groups excluding tert-OH is 1. The number of esters is 3. The Kier molecular flexibility index (Phi) is 12.0. The number of aryl methyl sites for hydroxylation is 3. The van der Waals surface area contributed by atoms with E-state index in [-0.39, 0.29) is 59.7 Å². The normalized spacial score (nSPS) is 18.5. The number of ether oxygens (including phenoxy) is 5. The molecule has 4 aromatic rings. The number of amides is 1. The fourth-order valence-electron chi connectivity index (χ4n) is 6.68. The summed E-state index contributed by atoms with van der Waals surface area (Å²) >= 11 is 6.27. The minimum absolute atomic E-state index is 0.0506. The first-order chi connectivity index (χ1) is 26.1. The standard InChI is InChI=1S/C37H44ClN5O13/c1-18-10-19(2)28(22(11-18)52-21(4)45)35(5,6)13-27(47)54-24-12-25(55-37(24,9)16-44)43-17-39-29-30(40-32(38)42-31(29)43)41-33(48)56-36(7,8)14-26(46)50-15-23-20(3)51-34(49)53-23/h10-11,17,24-25,44H,12-16H2,1-9H3,(H,40,41,42,48)/t24-,25+,37+/m0/s1. The number of hydrogen-bond donors (Lipinski definition) is 2. The van der Waals surface area contributed by atoms with Crippen LogP contribution in [-0.4, -0.2) is 72.5 Å². The van der Waals surface area contributed by atoms with Gasteiger partial charge in [0.05, 0.1) is 25.8 Å². The predicted molar refractivity (Wildman–Crippen MR) is 196 cm³/mol. The summed E-state index contributed by atoms with van der Waals surface area (Å²) < 4.78 is 39.4. The Bertz CT molecular complexity index is 2220. The largest absolute Gasteiger partial charge is 0.519 e. The molecule has 0 saturated carbocycles. The molecule has 1 fully saturated rings. The number of aromatic nitrogens is 4. The lowest BCUT2D eigenvalue weighted by atomic mass is 9.78. The third-order valence-electron chi connectivity index (χ3n) is 9.11. The lowest BCUT2D eigenvalue weighted by Gasteiger charge is -2.31. The minimum atomic E-state index is -1.36. The molecule has 0 radical (unpaired) electrons. The molecule has 0 unspecified atom stereocenters. The Labute approximate surface area is 325 Å². The molecule has 1 aliphatic rings. The van der Waals surface area contributed by atoms with Gasteiger partial charge in [0.2, 0.25) is 5.28 Å². The van der Waals surface area contributed by atoms with Gasteiger partial charge in [-0.25, -0.2) is 14.6 Å². The number of carbonyl (C=O) groups excluding carboxylic acids is 4. The molecule has 56 heavy (non-hydrogen) atoms. The molecule has 3 aromatic heterocycles. The molecule has 1 aromatic carbocycles. The second-order valence-electron chi connectivity index (χ2n) is 15.1. The average Bonchev–Trinajstić information content (AvgIpc) is 3.72. The quantitative estimate of drug-likeness (QED) is 0.0757. The molecule has 18 nitrogen and oxygen atoms in total. The fraction of sp³-hybridized carbons (Fsp3) is 0.514. The van der Waals surface area contributed by atoms with Crippen LogP contribution in [0.4, 0.5) is 10.6 Å². The van der Waals surface area contributed by atoms with Gasteiger partial charge >= 0.3 is 29.8 Å². The summed E-state index contributed by atoms with van der Waals surface area (Å²) in [5, 5.41) is 12.6. The lowest BCUT2D eigenvalue weighted by Crippen LogP contribution is -2.43. The highest BCUT2D eigenvalue weighted by Crippen LogP contribution is 2.42. The molecule has 2 N–H and O–H groups in total. The highest BCUT2D eigenvalue weighted by Gasteiger charge is 2.49. The van der Waals surface area contributed by atoms with Crippen molar-refractivity contribution in [2.75, 3.05) is 11.9 Å². The van der Waals surface area contributed by atoms with Crippen molar-refractivity contribution < 1.29 is 56.8 Å². The van der Waals surface area contributed by atoms with E-state index in [1.165, 1.54) is 38.6 Å². The number of fused-ring (bicyclic) bond motifs is 1. The van der Waals surface area contributed by atoms with Gasteiger partial charge in [-0.3, -0.25) is 24.3 Å². The van der Waals surface area contributed by atoms with Crippen LogP contribution < -0.4 is 15.9 Å². The van der Waals surface area contributed by atoms with Gasteiger partial charge in [-0.1, -0.05) is 19.9 Å². The van der Waals surface area contributed by atoms with E-state index in [1.54, 1.807) is 13.0 Å². The summed E-state index contributed by atoms with van der Waals surface area (Å²) in [5.74, 6) is -2.25. The summed E-state index contributed by atoms with van der Waals surface area (Å²) in [6.07, 6.45) is -1.74. The van der Waals surface area contributed by atoms with E-state index < -0.39 is 65.4 Å². The van der Waals surface area contributed by atoms with E-state index in [1.807, 2.05) is 33.8 Å². The first kappa shape index (κ1) is 41.8. The van der Waals surface area contributed by atoms with Crippen molar-refractivity contribution in [2.24, 2.45) is 0 Å². The number of benzene rings is 1. The van der Waals surface area contributed by atoms with Crippen molar-refractivity contribution in [3.05, 3.63) is 62.6 Å². The van der Waals surface area contributed by atoms with Crippen molar-refractivity contribution in [1.82, 2.24) is 19.5 Å².